The first-order chi connectivity index (χ1) is 12.1. The Morgan fingerprint density at radius 2 is 2.04 bits per heavy atom. The van der Waals surface area contributed by atoms with Crippen molar-refractivity contribution < 1.29 is 9.13 Å². The molecule has 0 aliphatic rings. The number of rotatable bonds is 8. The lowest BCUT2D eigenvalue weighted by atomic mass is 10.1. The molecule has 0 saturated heterocycles. The zero-order chi connectivity index (χ0) is 18.1. The number of hydrogen-bond donors (Lipinski definition) is 2. The lowest BCUT2D eigenvalue weighted by Crippen LogP contribution is -2.40. The molecule has 0 saturated carbocycles. The monoisotopic (exact) mass is 476 g/mol. The third-order valence-corrected chi connectivity index (χ3v) is 3.76. The van der Waals surface area contributed by atoms with Gasteiger partial charge in [-0.25, -0.2) is 9.38 Å². The molecular weight excluding hydrogens is 450 g/mol. The van der Waals surface area contributed by atoms with Gasteiger partial charge in [-0.3, -0.25) is 0 Å². The second kappa shape index (κ2) is 11.8. The number of nitrogens with zero attached hydrogens (tertiary/aromatic N) is 4. The fourth-order valence-electron chi connectivity index (χ4n) is 2.20. The molecule has 0 fully saturated rings. The van der Waals surface area contributed by atoms with E-state index in [1.807, 2.05) is 24.6 Å². The number of ether oxygens (including phenoxy) is 1. The van der Waals surface area contributed by atoms with Crippen LogP contribution in [0.15, 0.2) is 29.3 Å². The molecule has 0 aliphatic carbocycles. The summed E-state index contributed by atoms with van der Waals surface area (Å²) >= 11 is 0. The SMILES string of the molecule is COCCNC(=NCc1nnc(C)n1C)NCCc1cccc(F)c1.I. The number of aromatic nitrogens is 3. The summed E-state index contributed by atoms with van der Waals surface area (Å²) in [5.41, 5.74) is 0.938. The first kappa shape index (κ1) is 22.3. The maximum absolute atomic E-state index is 13.2. The Kier molecular flexibility index (Phi) is 10.1. The van der Waals surface area contributed by atoms with Crippen molar-refractivity contribution in [2.24, 2.45) is 12.0 Å². The third-order valence-electron chi connectivity index (χ3n) is 3.76. The van der Waals surface area contributed by atoms with Gasteiger partial charge in [-0.15, -0.1) is 34.2 Å². The topological polar surface area (TPSA) is 76.4 Å². The molecule has 1 aromatic heterocycles. The molecule has 2 N–H and O–H groups in total. The fourth-order valence-corrected chi connectivity index (χ4v) is 2.20. The number of guanidine groups is 1. The molecule has 0 aliphatic heterocycles. The van der Waals surface area contributed by atoms with Crippen molar-refractivity contribution in [2.75, 3.05) is 26.8 Å². The lowest BCUT2D eigenvalue weighted by molar-refractivity contribution is 0.203. The van der Waals surface area contributed by atoms with Gasteiger partial charge in [0, 0.05) is 27.2 Å². The zero-order valence-corrected chi connectivity index (χ0v) is 17.7. The number of nitrogens with one attached hydrogen (secondary N) is 2. The van der Waals surface area contributed by atoms with E-state index in [0.29, 0.717) is 38.6 Å². The second-order valence-electron chi connectivity index (χ2n) is 5.61. The third kappa shape index (κ3) is 7.24. The maximum Gasteiger partial charge on any atom is 0.191 e. The van der Waals surface area contributed by atoms with Gasteiger partial charge in [-0.1, -0.05) is 12.1 Å². The molecule has 2 rings (SSSR count). The normalized spacial score (nSPS) is 11.2. The van der Waals surface area contributed by atoms with E-state index in [-0.39, 0.29) is 29.8 Å². The number of aliphatic imine (C=N–C) groups is 1. The first-order valence-electron chi connectivity index (χ1n) is 8.20. The van der Waals surface area contributed by atoms with Crippen LogP contribution in [0.4, 0.5) is 4.39 Å². The highest BCUT2D eigenvalue weighted by molar-refractivity contribution is 14.0. The average Bonchev–Trinajstić information content (AvgIpc) is 2.91. The quantitative estimate of drug-likeness (QED) is 0.263. The summed E-state index contributed by atoms with van der Waals surface area (Å²) in [6, 6.07) is 6.60. The molecule has 1 heterocycles. The van der Waals surface area contributed by atoms with E-state index in [4.69, 9.17) is 4.74 Å². The van der Waals surface area contributed by atoms with Crippen LogP contribution in [0.2, 0.25) is 0 Å². The summed E-state index contributed by atoms with van der Waals surface area (Å²) in [7, 11) is 3.56. The number of halogens is 2. The Morgan fingerprint density at radius 3 is 2.69 bits per heavy atom. The molecule has 0 bridgehead atoms. The molecular formula is C17H26FIN6O. The van der Waals surface area contributed by atoms with E-state index in [1.54, 1.807) is 19.2 Å². The minimum atomic E-state index is -0.220. The van der Waals surface area contributed by atoms with Gasteiger partial charge in [0.1, 0.15) is 18.2 Å². The highest BCUT2D eigenvalue weighted by Gasteiger charge is 2.05. The van der Waals surface area contributed by atoms with Crippen molar-refractivity contribution in [1.29, 1.82) is 0 Å². The zero-order valence-electron chi connectivity index (χ0n) is 15.3. The maximum atomic E-state index is 13.2. The van der Waals surface area contributed by atoms with Gasteiger partial charge < -0.3 is 19.9 Å². The largest absolute Gasteiger partial charge is 0.383 e. The average molecular weight is 476 g/mol. The number of methoxy groups -OCH3 is 1. The fraction of sp³-hybridized carbons (Fsp3) is 0.471. The molecule has 0 spiro atoms. The molecule has 26 heavy (non-hydrogen) atoms. The van der Waals surface area contributed by atoms with Crippen LogP contribution >= 0.6 is 24.0 Å². The molecule has 144 valence electrons. The van der Waals surface area contributed by atoms with Crippen molar-refractivity contribution in [1.82, 2.24) is 25.4 Å². The molecule has 0 radical (unpaired) electrons. The van der Waals surface area contributed by atoms with Crippen LogP contribution < -0.4 is 10.6 Å². The van der Waals surface area contributed by atoms with Gasteiger partial charge in [0.15, 0.2) is 11.8 Å². The molecule has 0 amide bonds. The van der Waals surface area contributed by atoms with Crippen molar-refractivity contribution in [3.05, 3.63) is 47.3 Å². The molecule has 0 unspecified atom stereocenters. The Balaban J connectivity index is 0.00000338. The summed E-state index contributed by atoms with van der Waals surface area (Å²) in [6.45, 7) is 4.17. The summed E-state index contributed by atoms with van der Waals surface area (Å²) in [6.07, 6.45) is 0.700. The predicted octanol–water partition coefficient (Wildman–Crippen LogP) is 1.80. The Bertz CT molecular complexity index is 706. The number of benzene rings is 1. The van der Waals surface area contributed by atoms with Gasteiger partial charge in [0.25, 0.3) is 0 Å². The molecule has 1 aromatic carbocycles. The summed E-state index contributed by atoms with van der Waals surface area (Å²) in [5, 5.41) is 14.6. The van der Waals surface area contributed by atoms with Gasteiger partial charge in [0.2, 0.25) is 0 Å². The van der Waals surface area contributed by atoms with E-state index in [2.05, 4.69) is 25.8 Å². The van der Waals surface area contributed by atoms with Crippen molar-refractivity contribution >= 4 is 29.9 Å². The smallest absolute Gasteiger partial charge is 0.191 e. The van der Waals surface area contributed by atoms with Gasteiger partial charge in [-0.2, -0.15) is 0 Å². The molecule has 2 aromatic rings. The molecule has 0 atom stereocenters. The molecule has 7 nitrogen and oxygen atoms in total. The first-order valence-corrected chi connectivity index (χ1v) is 8.20. The lowest BCUT2D eigenvalue weighted by Gasteiger charge is -2.12. The van der Waals surface area contributed by atoms with Gasteiger partial charge in [-0.05, 0) is 31.0 Å². The number of aryl methyl sites for hydroxylation is 1. The Morgan fingerprint density at radius 1 is 1.27 bits per heavy atom. The standard InChI is InChI=1S/C17H25FN6O.HI/c1-13-22-23-16(24(13)2)12-21-17(20-9-10-25-3)19-8-7-14-5-4-6-15(18)11-14;/h4-6,11H,7-10,12H2,1-3H3,(H2,19,20,21);1H. The predicted molar refractivity (Wildman–Crippen MR) is 110 cm³/mol. The minimum Gasteiger partial charge on any atom is -0.383 e. The molecule has 9 heteroatoms. The minimum absolute atomic E-state index is 0. The van der Waals surface area contributed by atoms with Gasteiger partial charge in [0.05, 0.1) is 6.61 Å². The van der Waals surface area contributed by atoms with E-state index in [0.717, 1.165) is 17.2 Å². The summed E-state index contributed by atoms with van der Waals surface area (Å²) in [4.78, 5) is 4.53. The van der Waals surface area contributed by atoms with Crippen molar-refractivity contribution in [3.8, 4) is 0 Å². The van der Waals surface area contributed by atoms with Crippen LogP contribution in [-0.2, 0) is 24.8 Å². The summed E-state index contributed by atoms with van der Waals surface area (Å²) in [5.74, 6) is 2.07. The van der Waals surface area contributed by atoms with E-state index in [9.17, 15) is 4.39 Å². The van der Waals surface area contributed by atoms with Crippen LogP contribution in [-0.4, -0.2) is 47.5 Å². The van der Waals surface area contributed by atoms with Crippen LogP contribution in [0.25, 0.3) is 0 Å². The van der Waals surface area contributed by atoms with Crippen molar-refractivity contribution in [3.63, 3.8) is 0 Å². The second-order valence-corrected chi connectivity index (χ2v) is 5.61. The van der Waals surface area contributed by atoms with Crippen LogP contribution in [0.1, 0.15) is 17.2 Å². The van der Waals surface area contributed by atoms with Crippen LogP contribution in [0.5, 0.6) is 0 Å². The van der Waals surface area contributed by atoms with Crippen molar-refractivity contribution in [2.45, 2.75) is 19.9 Å². The van der Waals surface area contributed by atoms with Gasteiger partial charge >= 0.3 is 0 Å². The van der Waals surface area contributed by atoms with E-state index >= 15 is 0 Å². The highest BCUT2D eigenvalue weighted by Crippen LogP contribution is 2.03. The Hall–Kier alpha value is -1.75. The number of hydrogen-bond acceptors (Lipinski definition) is 4. The Labute approximate surface area is 170 Å². The van der Waals surface area contributed by atoms with Crippen LogP contribution in [0.3, 0.4) is 0 Å². The summed E-state index contributed by atoms with van der Waals surface area (Å²) < 4.78 is 20.2. The van der Waals surface area contributed by atoms with Crippen LogP contribution in [0, 0.1) is 12.7 Å². The highest BCUT2D eigenvalue weighted by atomic mass is 127. The van der Waals surface area contributed by atoms with E-state index < -0.39 is 0 Å². The van der Waals surface area contributed by atoms with E-state index in [1.165, 1.54) is 6.07 Å².